The van der Waals surface area contributed by atoms with Crippen LogP contribution in [0, 0.1) is 5.92 Å². The summed E-state index contributed by atoms with van der Waals surface area (Å²) in [6, 6.07) is 4.21. The molecule has 1 fully saturated rings. The van der Waals surface area contributed by atoms with Crippen LogP contribution in [0.4, 0.5) is 0 Å². The van der Waals surface area contributed by atoms with E-state index >= 15 is 0 Å². The number of carbonyl (C=O) groups excluding carboxylic acids is 1. The second-order valence-corrected chi connectivity index (χ2v) is 5.21. The zero-order valence-electron chi connectivity index (χ0n) is 11.0. The topological polar surface area (TPSA) is 59.5 Å². The highest BCUT2D eigenvalue weighted by molar-refractivity contribution is 5.76. The zero-order valence-corrected chi connectivity index (χ0v) is 11.0. The van der Waals surface area contributed by atoms with E-state index in [-0.39, 0.29) is 5.91 Å². The number of rotatable bonds is 7. The highest BCUT2D eigenvalue weighted by Crippen LogP contribution is 2.29. The molecule has 1 aliphatic rings. The molecule has 1 aromatic rings. The molecule has 4 heteroatoms. The first-order valence-corrected chi connectivity index (χ1v) is 6.72. The molecule has 0 aromatic carbocycles. The largest absolute Gasteiger partial charge is 0.467 e. The van der Waals surface area contributed by atoms with E-state index in [0.717, 1.165) is 25.0 Å². The molecule has 2 rings (SSSR count). The highest BCUT2D eigenvalue weighted by atomic mass is 16.3. The van der Waals surface area contributed by atoms with Crippen LogP contribution < -0.4 is 5.73 Å². The molecule has 100 valence electrons. The van der Waals surface area contributed by atoms with Crippen LogP contribution in [0.3, 0.4) is 0 Å². The maximum atomic E-state index is 12.2. The van der Waals surface area contributed by atoms with Crippen LogP contribution in [0.1, 0.15) is 38.4 Å². The van der Waals surface area contributed by atoms with Gasteiger partial charge in [-0.25, -0.2) is 0 Å². The van der Waals surface area contributed by atoms with Gasteiger partial charge in [0.2, 0.25) is 5.91 Å². The maximum absolute atomic E-state index is 12.2. The van der Waals surface area contributed by atoms with E-state index < -0.39 is 0 Å². The van der Waals surface area contributed by atoms with Gasteiger partial charge in [-0.05, 0) is 43.9 Å². The first-order chi connectivity index (χ1) is 8.70. The molecule has 18 heavy (non-hydrogen) atoms. The summed E-state index contributed by atoms with van der Waals surface area (Å²) in [7, 11) is 0. The van der Waals surface area contributed by atoms with Crippen molar-refractivity contribution < 1.29 is 9.21 Å². The number of hydrogen-bond donors (Lipinski definition) is 1. The first kappa shape index (κ1) is 13.1. The molecule has 1 unspecified atom stereocenters. The summed E-state index contributed by atoms with van der Waals surface area (Å²) < 4.78 is 5.32. The number of hydrogen-bond acceptors (Lipinski definition) is 3. The third-order valence-electron chi connectivity index (χ3n) is 3.47. The van der Waals surface area contributed by atoms with Gasteiger partial charge in [-0.2, -0.15) is 0 Å². The zero-order chi connectivity index (χ0) is 13.0. The molecule has 0 saturated heterocycles. The fourth-order valence-electron chi connectivity index (χ4n) is 2.01. The van der Waals surface area contributed by atoms with Crippen LogP contribution in [0.5, 0.6) is 0 Å². The number of nitrogens with zero attached hydrogens (tertiary/aromatic N) is 1. The van der Waals surface area contributed by atoms with E-state index in [4.69, 9.17) is 10.2 Å². The Bertz CT molecular complexity index is 371. The molecule has 1 aromatic heterocycles. The van der Waals surface area contributed by atoms with Crippen LogP contribution in [0.15, 0.2) is 22.8 Å². The molecule has 1 atom stereocenters. The standard InChI is InChI=1S/C14H22N2O2/c1-11(9-15)4-7-14(17)16(12-5-6-12)10-13-3-2-8-18-13/h2-3,8,11-12H,4-7,9-10,15H2,1H3. The molecule has 4 nitrogen and oxygen atoms in total. The average Bonchev–Trinajstić information content (AvgIpc) is 3.09. The second kappa shape index (κ2) is 6.05. The van der Waals surface area contributed by atoms with Gasteiger partial charge in [-0.1, -0.05) is 6.92 Å². The van der Waals surface area contributed by atoms with Gasteiger partial charge in [0.05, 0.1) is 12.8 Å². The third kappa shape index (κ3) is 3.60. The van der Waals surface area contributed by atoms with Crippen molar-refractivity contribution in [2.75, 3.05) is 6.54 Å². The second-order valence-electron chi connectivity index (χ2n) is 5.21. The van der Waals surface area contributed by atoms with Gasteiger partial charge >= 0.3 is 0 Å². The lowest BCUT2D eigenvalue weighted by Gasteiger charge is -2.22. The molecular formula is C14H22N2O2. The minimum Gasteiger partial charge on any atom is -0.467 e. The van der Waals surface area contributed by atoms with Crippen LogP contribution in [-0.2, 0) is 11.3 Å². The van der Waals surface area contributed by atoms with E-state index in [0.29, 0.717) is 31.5 Å². The van der Waals surface area contributed by atoms with Crippen molar-refractivity contribution in [3.8, 4) is 0 Å². The normalized spacial score (nSPS) is 16.6. The summed E-state index contributed by atoms with van der Waals surface area (Å²) in [6.07, 6.45) is 5.37. The Morgan fingerprint density at radius 1 is 1.61 bits per heavy atom. The summed E-state index contributed by atoms with van der Waals surface area (Å²) in [6.45, 7) is 3.34. The van der Waals surface area contributed by atoms with Gasteiger partial charge in [0.25, 0.3) is 0 Å². The lowest BCUT2D eigenvalue weighted by Crippen LogP contribution is -2.32. The number of nitrogens with two attached hydrogens (primary N) is 1. The average molecular weight is 250 g/mol. The maximum Gasteiger partial charge on any atom is 0.223 e. The summed E-state index contributed by atoms with van der Waals surface area (Å²) in [5.41, 5.74) is 5.58. The quantitative estimate of drug-likeness (QED) is 0.806. The predicted molar refractivity (Wildman–Crippen MR) is 69.7 cm³/mol. The molecule has 1 saturated carbocycles. The van der Waals surface area contributed by atoms with Gasteiger partial charge in [0, 0.05) is 12.5 Å². The van der Waals surface area contributed by atoms with E-state index in [1.54, 1.807) is 6.26 Å². The fourth-order valence-corrected chi connectivity index (χ4v) is 2.01. The Balaban J connectivity index is 1.87. The van der Waals surface area contributed by atoms with Crippen molar-refractivity contribution in [3.05, 3.63) is 24.2 Å². The van der Waals surface area contributed by atoms with Crippen LogP contribution in [0.25, 0.3) is 0 Å². The molecule has 0 spiro atoms. The monoisotopic (exact) mass is 250 g/mol. The predicted octanol–water partition coefficient (Wildman–Crippen LogP) is 2.15. The van der Waals surface area contributed by atoms with Crippen LogP contribution >= 0.6 is 0 Å². The van der Waals surface area contributed by atoms with Gasteiger partial charge in [-0.15, -0.1) is 0 Å². The summed E-state index contributed by atoms with van der Waals surface area (Å²) >= 11 is 0. The lowest BCUT2D eigenvalue weighted by atomic mass is 10.1. The minimum absolute atomic E-state index is 0.231. The van der Waals surface area contributed by atoms with Crippen molar-refractivity contribution >= 4 is 5.91 Å². The highest BCUT2D eigenvalue weighted by Gasteiger charge is 2.32. The number of furan rings is 1. The van der Waals surface area contributed by atoms with Gasteiger partial charge < -0.3 is 15.1 Å². The Morgan fingerprint density at radius 3 is 2.94 bits per heavy atom. The molecule has 2 N–H and O–H groups in total. The van der Waals surface area contributed by atoms with Gasteiger partial charge in [0.15, 0.2) is 0 Å². The van der Waals surface area contributed by atoms with Crippen molar-refractivity contribution in [1.29, 1.82) is 0 Å². The van der Waals surface area contributed by atoms with E-state index in [2.05, 4.69) is 6.92 Å². The summed E-state index contributed by atoms with van der Waals surface area (Å²) in [4.78, 5) is 14.2. The third-order valence-corrected chi connectivity index (χ3v) is 3.47. The first-order valence-electron chi connectivity index (χ1n) is 6.72. The van der Waals surface area contributed by atoms with Crippen LogP contribution in [0.2, 0.25) is 0 Å². The van der Waals surface area contributed by atoms with Crippen molar-refractivity contribution in [3.63, 3.8) is 0 Å². The van der Waals surface area contributed by atoms with Gasteiger partial charge in [-0.3, -0.25) is 4.79 Å². The lowest BCUT2D eigenvalue weighted by molar-refractivity contribution is -0.133. The summed E-state index contributed by atoms with van der Waals surface area (Å²) in [5.74, 6) is 1.51. The van der Waals surface area contributed by atoms with E-state index in [9.17, 15) is 4.79 Å². The molecule has 0 aliphatic heterocycles. The Kier molecular flexibility index (Phi) is 4.42. The van der Waals surface area contributed by atoms with Crippen molar-refractivity contribution in [2.45, 2.75) is 45.2 Å². The number of amides is 1. The van der Waals surface area contributed by atoms with E-state index in [1.165, 1.54) is 0 Å². The van der Waals surface area contributed by atoms with E-state index in [1.807, 2.05) is 17.0 Å². The molecule has 1 heterocycles. The molecule has 1 amide bonds. The SMILES string of the molecule is CC(CN)CCC(=O)N(Cc1ccco1)C1CC1. The number of carbonyl (C=O) groups is 1. The Labute approximate surface area is 108 Å². The van der Waals surface area contributed by atoms with Crippen LogP contribution in [-0.4, -0.2) is 23.4 Å². The van der Waals surface area contributed by atoms with Gasteiger partial charge in [0.1, 0.15) is 5.76 Å². The van der Waals surface area contributed by atoms with Crippen molar-refractivity contribution in [1.82, 2.24) is 4.90 Å². The molecule has 0 radical (unpaired) electrons. The fraction of sp³-hybridized carbons (Fsp3) is 0.643. The summed E-state index contributed by atoms with van der Waals surface area (Å²) in [5, 5.41) is 0. The van der Waals surface area contributed by atoms with Crippen molar-refractivity contribution in [2.24, 2.45) is 11.7 Å². The smallest absolute Gasteiger partial charge is 0.223 e. The molecular weight excluding hydrogens is 228 g/mol. The molecule has 0 bridgehead atoms. The Morgan fingerprint density at radius 2 is 2.39 bits per heavy atom. The molecule has 1 aliphatic carbocycles. The Hall–Kier alpha value is -1.29. The minimum atomic E-state index is 0.231.